The largest absolute Gasteiger partial charge is 0.455 e. The summed E-state index contributed by atoms with van der Waals surface area (Å²) < 4.78 is 6.61. The first-order valence-electron chi connectivity index (χ1n) is 4.46. The van der Waals surface area contributed by atoms with E-state index in [9.17, 15) is 0 Å². The van der Waals surface area contributed by atoms with Crippen LogP contribution in [0.1, 0.15) is 0 Å². The van der Waals surface area contributed by atoms with Crippen LogP contribution in [-0.2, 0) is 0 Å². The summed E-state index contributed by atoms with van der Waals surface area (Å²) >= 11 is 8.57. The van der Waals surface area contributed by atoms with E-state index >= 15 is 0 Å². The van der Waals surface area contributed by atoms with E-state index in [0.29, 0.717) is 10.6 Å². The van der Waals surface area contributed by atoms with Crippen LogP contribution in [0.5, 0.6) is 11.5 Å². The summed E-state index contributed by atoms with van der Waals surface area (Å²) in [5.74, 6) is 1.48. The van der Waals surface area contributed by atoms with Crippen LogP contribution in [0.3, 0.4) is 0 Å². The Hall–Kier alpha value is -1.05. The molecular formula is C12H13BrClF4OS. The lowest BCUT2D eigenvalue weighted by Gasteiger charge is -2.08. The van der Waals surface area contributed by atoms with Crippen molar-refractivity contribution in [3.8, 4) is 11.5 Å². The summed E-state index contributed by atoms with van der Waals surface area (Å²) in [6.45, 7) is 0. The van der Waals surface area contributed by atoms with Gasteiger partial charge in [-0.05, 0) is 40.2 Å². The molecule has 0 heterocycles. The first-order chi connectivity index (χ1) is 7.27. The zero-order valence-corrected chi connectivity index (χ0v) is 13.1. The predicted octanol–water partition coefficient (Wildman–Crippen LogP) is 5.83. The van der Waals surface area contributed by atoms with Gasteiger partial charge in [0.25, 0.3) is 0 Å². The van der Waals surface area contributed by atoms with E-state index < -0.39 is 0 Å². The van der Waals surface area contributed by atoms with Gasteiger partial charge in [0, 0.05) is 0 Å². The maximum absolute atomic E-state index is 5.69. The molecule has 0 atom stereocenters. The van der Waals surface area contributed by atoms with Crippen LogP contribution in [0.2, 0.25) is 0 Å². The summed E-state index contributed by atoms with van der Waals surface area (Å²) in [6, 6.07) is 15.2. The van der Waals surface area contributed by atoms with Gasteiger partial charge in [-0.15, -0.1) is 12.4 Å². The number of para-hydroxylation sites is 2. The molecule has 1 nitrogen and oxygen atoms in total. The SMILES string of the molecule is Cl.F.F.F.F.[S]c1ccccc1Oc1ccccc1Br. The van der Waals surface area contributed by atoms with E-state index in [2.05, 4.69) is 15.9 Å². The Morgan fingerprint density at radius 2 is 1.20 bits per heavy atom. The van der Waals surface area contributed by atoms with Gasteiger partial charge in [-0.3, -0.25) is 18.8 Å². The van der Waals surface area contributed by atoms with Crippen molar-refractivity contribution in [1.29, 1.82) is 0 Å². The average Bonchev–Trinajstić information content (AvgIpc) is 2.24. The third kappa shape index (κ3) is 6.93. The Morgan fingerprint density at radius 3 is 1.70 bits per heavy atom. The molecule has 2 aromatic rings. The minimum absolute atomic E-state index is 0. The summed E-state index contributed by atoms with van der Waals surface area (Å²) in [5.41, 5.74) is 0. The lowest BCUT2D eigenvalue weighted by atomic mass is 10.3. The molecule has 115 valence electrons. The molecule has 8 heteroatoms. The molecule has 20 heavy (non-hydrogen) atoms. The van der Waals surface area contributed by atoms with Gasteiger partial charge in [0.05, 0.1) is 9.37 Å². The van der Waals surface area contributed by atoms with Crippen LogP contribution in [0.15, 0.2) is 57.9 Å². The molecule has 0 saturated carbocycles. The Kier molecular flexibility index (Phi) is 17.7. The first-order valence-corrected chi connectivity index (χ1v) is 5.66. The highest BCUT2D eigenvalue weighted by Crippen LogP contribution is 2.32. The van der Waals surface area contributed by atoms with Gasteiger partial charge in [0.1, 0.15) is 11.5 Å². The topological polar surface area (TPSA) is 9.23 Å². The Bertz CT molecular complexity index is 447. The maximum atomic E-state index is 5.69. The second-order valence-corrected chi connectivity index (χ2v) is 4.27. The van der Waals surface area contributed by atoms with Gasteiger partial charge in [0.2, 0.25) is 0 Å². The Balaban J connectivity index is -0.000000256. The lowest BCUT2D eigenvalue weighted by Crippen LogP contribution is -1.85. The Morgan fingerprint density at radius 1 is 0.750 bits per heavy atom. The second kappa shape index (κ2) is 13.0. The molecule has 1 radical (unpaired) electrons. The standard InChI is InChI=1S/C12H8BrOS.ClH.4FH/c13-9-5-1-2-6-10(9)14-11-7-3-4-8-12(11)15;;;;;/h1-8H;5*1H. The van der Waals surface area contributed by atoms with Gasteiger partial charge in [-0.25, -0.2) is 0 Å². The van der Waals surface area contributed by atoms with Crippen molar-refractivity contribution in [2.24, 2.45) is 0 Å². The fourth-order valence-corrected chi connectivity index (χ4v) is 1.73. The monoisotopic (exact) mass is 395 g/mol. The van der Waals surface area contributed by atoms with Crippen molar-refractivity contribution in [2.45, 2.75) is 4.90 Å². The van der Waals surface area contributed by atoms with Crippen molar-refractivity contribution in [2.75, 3.05) is 0 Å². The highest BCUT2D eigenvalue weighted by molar-refractivity contribution is 9.10. The molecule has 0 spiro atoms. The van der Waals surface area contributed by atoms with Crippen LogP contribution < -0.4 is 4.74 Å². The molecule has 0 N–H and O–H groups in total. The van der Waals surface area contributed by atoms with E-state index in [1.807, 2.05) is 48.5 Å². The van der Waals surface area contributed by atoms with Crippen LogP contribution in [-0.4, -0.2) is 0 Å². The van der Waals surface area contributed by atoms with Crippen LogP contribution in [0.25, 0.3) is 0 Å². The highest BCUT2D eigenvalue weighted by Gasteiger charge is 2.03. The number of rotatable bonds is 2. The van der Waals surface area contributed by atoms with Crippen LogP contribution in [0.4, 0.5) is 18.8 Å². The molecule has 0 aromatic heterocycles. The van der Waals surface area contributed by atoms with E-state index in [1.165, 1.54) is 0 Å². The van der Waals surface area contributed by atoms with E-state index in [4.69, 9.17) is 17.4 Å². The van der Waals surface area contributed by atoms with Crippen molar-refractivity contribution in [1.82, 2.24) is 0 Å². The highest BCUT2D eigenvalue weighted by atomic mass is 79.9. The van der Waals surface area contributed by atoms with Crippen molar-refractivity contribution in [3.63, 3.8) is 0 Å². The van der Waals surface area contributed by atoms with Gasteiger partial charge in [-0.2, -0.15) is 0 Å². The third-order valence-electron chi connectivity index (χ3n) is 1.91. The number of ether oxygens (including phenoxy) is 1. The third-order valence-corrected chi connectivity index (χ3v) is 2.90. The first kappa shape index (κ1) is 27.3. The van der Waals surface area contributed by atoms with E-state index in [1.54, 1.807) is 0 Å². The predicted molar refractivity (Wildman–Crippen MR) is 83.8 cm³/mol. The molecule has 0 aliphatic heterocycles. The molecule has 2 aromatic carbocycles. The number of halogens is 6. The van der Waals surface area contributed by atoms with Crippen molar-refractivity contribution >= 4 is 41.0 Å². The molecule has 0 saturated heterocycles. The molecule has 0 amide bonds. The van der Waals surface area contributed by atoms with E-state index in [-0.39, 0.29) is 31.2 Å². The van der Waals surface area contributed by atoms with Crippen LogP contribution in [0, 0.1) is 0 Å². The lowest BCUT2D eigenvalue weighted by molar-refractivity contribution is 0.468. The fraction of sp³-hybridized carbons (Fsp3) is 0. The Labute approximate surface area is 134 Å². The van der Waals surface area contributed by atoms with Gasteiger partial charge in [0.15, 0.2) is 0 Å². The molecule has 0 bridgehead atoms. The van der Waals surface area contributed by atoms with Gasteiger partial charge >= 0.3 is 0 Å². The molecule has 0 aliphatic carbocycles. The maximum Gasteiger partial charge on any atom is 0.145 e. The average molecular weight is 397 g/mol. The molecular weight excluding hydrogens is 384 g/mol. The van der Waals surface area contributed by atoms with Gasteiger partial charge in [-0.1, -0.05) is 36.9 Å². The molecule has 0 unspecified atom stereocenters. The molecule has 2 rings (SSSR count). The normalized spacial score (nSPS) is 7.45. The molecule has 0 aliphatic rings. The summed E-state index contributed by atoms with van der Waals surface area (Å²) in [4.78, 5) is 0.716. The fourth-order valence-electron chi connectivity index (χ4n) is 1.18. The van der Waals surface area contributed by atoms with E-state index in [0.717, 1.165) is 10.2 Å². The van der Waals surface area contributed by atoms with Crippen molar-refractivity contribution < 1.29 is 23.6 Å². The second-order valence-electron chi connectivity index (χ2n) is 2.98. The zero-order valence-electron chi connectivity index (χ0n) is 9.85. The van der Waals surface area contributed by atoms with Crippen molar-refractivity contribution in [3.05, 3.63) is 53.0 Å². The number of benzene rings is 2. The summed E-state index contributed by atoms with van der Waals surface area (Å²) in [6.07, 6.45) is 0. The van der Waals surface area contributed by atoms with Crippen LogP contribution >= 0.6 is 41.0 Å². The number of hydrogen-bond donors (Lipinski definition) is 0. The quantitative estimate of drug-likeness (QED) is 0.580. The minimum Gasteiger partial charge on any atom is -0.455 e. The smallest absolute Gasteiger partial charge is 0.145 e. The molecule has 0 fully saturated rings. The summed E-state index contributed by atoms with van der Waals surface area (Å²) in [7, 11) is 0. The summed E-state index contributed by atoms with van der Waals surface area (Å²) in [5, 5.41) is 0. The number of hydrogen-bond acceptors (Lipinski definition) is 1. The zero-order chi connectivity index (χ0) is 10.7. The minimum atomic E-state index is 0. The van der Waals surface area contributed by atoms with Gasteiger partial charge < -0.3 is 4.74 Å².